The quantitative estimate of drug-likeness (QED) is 0.518. The number of hydrogen-bond donors (Lipinski definition) is 1. The van der Waals surface area contributed by atoms with Crippen molar-refractivity contribution in [3.8, 4) is 0 Å². The third-order valence-electron chi connectivity index (χ3n) is 5.02. The summed E-state index contributed by atoms with van der Waals surface area (Å²) in [5.74, 6) is -0.363. The van der Waals surface area contributed by atoms with Crippen LogP contribution in [0.2, 0.25) is 0 Å². The molecule has 0 aliphatic carbocycles. The van der Waals surface area contributed by atoms with E-state index in [1.165, 1.54) is 0 Å². The van der Waals surface area contributed by atoms with Gasteiger partial charge in [-0.15, -0.1) is 0 Å². The molecule has 5 heteroatoms. The van der Waals surface area contributed by atoms with E-state index in [0.29, 0.717) is 49.2 Å². The summed E-state index contributed by atoms with van der Waals surface area (Å²) in [6.45, 7) is 9.50. The number of rotatable bonds is 9. The molecule has 154 valence electrons. The zero-order chi connectivity index (χ0) is 21.4. The monoisotopic (exact) mass is 394 g/mol. The third-order valence-corrected chi connectivity index (χ3v) is 5.02. The first-order chi connectivity index (χ1) is 13.9. The lowest BCUT2D eigenvalue weighted by atomic mass is 9.94. The summed E-state index contributed by atoms with van der Waals surface area (Å²) in [6.07, 6.45) is 0.958. The number of amides is 2. The van der Waals surface area contributed by atoms with Gasteiger partial charge in [0.25, 0.3) is 5.91 Å². The molecular formula is C24H30N2O3. The van der Waals surface area contributed by atoms with Crippen LogP contribution in [0, 0.1) is 13.8 Å². The van der Waals surface area contributed by atoms with Gasteiger partial charge in [0, 0.05) is 37.2 Å². The molecule has 0 saturated carbocycles. The van der Waals surface area contributed by atoms with E-state index < -0.39 is 0 Å². The second-order valence-corrected chi connectivity index (χ2v) is 7.12. The molecule has 0 aliphatic rings. The molecule has 29 heavy (non-hydrogen) atoms. The van der Waals surface area contributed by atoms with Crippen LogP contribution in [0.4, 0.5) is 0 Å². The van der Waals surface area contributed by atoms with Crippen molar-refractivity contribution in [2.45, 2.75) is 40.5 Å². The number of nitrogens with one attached hydrogen (secondary N) is 1. The first kappa shape index (κ1) is 22.3. The predicted molar refractivity (Wildman–Crippen MR) is 115 cm³/mol. The molecule has 1 N–H and O–H groups in total. The highest BCUT2D eigenvalue weighted by atomic mass is 16.2. The lowest BCUT2D eigenvalue weighted by molar-refractivity contribution is -0.130. The minimum absolute atomic E-state index is 0.0924. The molecule has 0 atom stereocenters. The first-order valence-electron chi connectivity index (χ1n) is 10.2. The number of benzene rings is 2. The molecule has 0 fully saturated rings. The van der Waals surface area contributed by atoms with Gasteiger partial charge in [-0.2, -0.15) is 0 Å². The molecule has 0 bridgehead atoms. The molecule has 0 saturated heterocycles. The van der Waals surface area contributed by atoms with E-state index in [2.05, 4.69) is 5.32 Å². The van der Waals surface area contributed by atoms with Crippen LogP contribution in [0.1, 0.15) is 64.1 Å². The Morgan fingerprint density at radius 1 is 0.897 bits per heavy atom. The Kier molecular flexibility index (Phi) is 8.13. The van der Waals surface area contributed by atoms with Gasteiger partial charge in [-0.3, -0.25) is 14.4 Å². The average Bonchev–Trinajstić information content (AvgIpc) is 2.73. The fraction of sp³-hybridized carbons (Fsp3) is 0.375. The Morgan fingerprint density at radius 2 is 1.55 bits per heavy atom. The second kappa shape index (κ2) is 10.6. The van der Waals surface area contributed by atoms with Crippen LogP contribution in [-0.2, 0) is 4.79 Å². The molecule has 2 aromatic carbocycles. The molecule has 0 heterocycles. The minimum Gasteiger partial charge on any atom is -0.352 e. The van der Waals surface area contributed by atoms with Crippen LogP contribution in [0.5, 0.6) is 0 Å². The fourth-order valence-corrected chi connectivity index (χ4v) is 3.28. The molecule has 0 aliphatic heterocycles. The molecule has 2 amide bonds. The topological polar surface area (TPSA) is 66.5 Å². The van der Waals surface area contributed by atoms with Crippen LogP contribution in [0.15, 0.2) is 42.5 Å². The smallest absolute Gasteiger partial charge is 0.252 e. The highest BCUT2D eigenvalue weighted by molar-refractivity contribution is 6.15. The molecule has 0 aromatic heterocycles. The van der Waals surface area contributed by atoms with Gasteiger partial charge in [0.1, 0.15) is 0 Å². The molecule has 2 rings (SSSR count). The van der Waals surface area contributed by atoms with Gasteiger partial charge in [0.2, 0.25) is 5.91 Å². The second-order valence-electron chi connectivity index (χ2n) is 7.12. The standard InChI is InChI=1S/C24H30N2O3/c1-5-26(6-2)22(27)12-9-15-25-24(29)20-11-8-7-10-19(20)23(28)21-16-17(3)13-14-18(21)4/h7-8,10-11,13-14,16H,5-6,9,12,15H2,1-4H3,(H,25,29). The molecule has 0 unspecified atom stereocenters. The lowest BCUT2D eigenvalue weighted by Gasteiger charge is -2.18. The van der Waals surface area contributed by atoms with Crippen LogP contribution in [0.3, 0.4) is 0 Å². The van der Waals surface area contributed by atoms with Gasteiger partial charge in [-0.1, -0.05) is 35.9 Å². The Labute approximate surface area is 173 Å². The van der Waals surface area contributed by atoms with E-state index in [1.54, 1.807) is 29.2 Å². The van der Waals surface area contributed by atoms with Crippen molar-refractivity contribution < 1.29 is 14.4 Å². The molecule has 5 nitrogen and oxygen atoms in total. The summed E-state index contributed by atoms with van der Waals surface area (Å²) >= 11 is 0. The van der Waals surface area contributed by atoms with Crippen molar-refractivity contribution in [1.82, 2.24) is 10.2 Å². The maximum atomic E-state index is 13.1. The summed E-state index contributed by atoms with van der Waals surface area (Å²) in [5, 5.41) is 2.84. The largest absolute Gasteiger partial charge is 0.352 e. The summed E-state index contributed by atoms with van der Waals surface area (Å²) in [4.78, 5) is 39.6. The van der Waals surface area contributed by atoms with Gasteiger partial charge < -0.3 is 10.2 Å². The van der Waals surface area contributed by atoms with Gasteiger partial charge in [-0.05, 0) is 51.8 Å². The van der Waals surface area contributed by atoms with Crippen molar-refractivity contribution in [3.63, 3.8) is 0 Å². The average molecular weight is 395 g/mol. The highest BCUT2D eigenvalue weighted by Crippen LogP contribution is 2.19. The Bertz CT molecular complexity index is 885. The first-order valence-corrected chi connectivity index (χ1v) is 10.2. The van der Waals surface area contributed by atoms with E-state index in [1.807, 2.05) is 45.9 Å². The van der Waals surface area contributed by atoms with E-state index in [4.69, 9.17) is 0 Å². The third kappa shape index (κ3) is 5.76. The summed E-state index contributed by atoms with van der Waals surface area (Å²) in [7, 11) is 0. The number of carbonyl (C=O) groups is 3. The fourth-order valence-electron chi connectivity index (χ4n) is 3.28. The van der Waals surface area contributed by atoms with E-state index in [9.17, 15) is 14.4 Å². The van der Waals surface area contributed by atoms with Crippen LogP contribution in [-0.4, -0.2) is 42.1 Å². The number of carbonyl (C=O) groups excluding carboxylic acids is 3. The Hall–Kier alpha value is -2.95. The van der Waals surface area contributed by atoms with E-state index in [0.717, 1.165) is 11.1 Å². The van der Waals surface area contributed by atoms with Crippen LogP contribution in [0.25, 0.3) is 0 Å². The van der Waals surface area contributed by atoms with Crippen LogP contribution >= 0.6 is 0 Å². The Morgan fingerprint density at radius 3 is 2.21 bits per heavy atom. The summed E-state index contributed by atoms with van der Waals surface area (Å²) < 4.78 is 0. The van der Waals surface area contributed by atoms with Crippen molar-refractivity contribution in [3.05, 3.63) is 70.3 Å². The molecular weight excluding hydrogens is 364 g/mol. The number of ketones is 1. The van der Waals surface area contributed by atoms with Gasteiger partial charge in [-0.25, -0.2) is 0 Å². The lowest BCUT2D eigenvalue weighted by Crippen LogP contribution is -2.32. The van der Waals surface area contributed by atoms with Gasteiger partial charge >= 0.3 is 0 Å². The normalized spacial score (nSPS) is 10.5. The van der Waals surface area contributed by atoms with Gasteiger partial charge in [0.05, 0.1) is 5.56 Å². The van der Waals surface area contributed by atoms with Crippen molar-refractivity contribution >= 4 is 17.6 Å². The maximum absolute atomic E-state index is 13.1. The summed E-state index contributed by atoms with van der Waals surface area (Å²) in [5.41, 5.74) is 3.23. The predicted octanol–water partition coefficient (Wildman–Crippen LogP) is 3.91. The molecule has 0 spiro atoms. The number of hydrogen-bond acceptors (Lipinski definition) is 3. The highest BCUT2D eigenvalue weighted by Gasteiger charge is 2.19. The van der Waals surface area contributed by atoms with Crippen LogP contribution < -0.4 is 5.32 Å². The van der Waals surface area contributed by atoms with Crippen molar-refractivity contribution in [2.75, 3.05) is 19.6 Å². The summed E-state index contributed by atoms with van der Waals surface area (Å²) in [6, 6.07) is 12.6. The van der Waals surface area contributed by atoms with Crippen molar-refractivity contribution in [1.29, 1.82) is 0 Å². The Balaban J connectivity index is 2.06. The van der Waals surface area contributed by atoms with Crippen molar-refractivity contribution in [2.24, 2.45) is 0 Å². The van der Waals surface area contributed by atoms with E-state index >= 15 is 0 Å². The SMILES string of the molecule is CCN(CC)C(=O)CCCNC(=O)c1ccccc1C(=O)c1cc(C)ccc1C. The zero-order valence-electron chi connectivity index (χ0n) is 17.7. The minimum atomic E-state index is -0.297. The zero-order valence-corrected chi connectivity index (χ0v) is 17.7. The number of aryl methyl sites for hydroxylation is 2. The molecule has 0 radical (unpaired) electrons. The maximum Gasteiger partial charge on any atom is 0.252 e. The number of nitrogens with zero attached hydrogens (tertiary/aromatic N) is 1. The van der Waals surface area contributed by atoms with Gasteiger partial charge in [0.15, 0.2) is 5.78 Å². The molecule has 2 aromatic rings. The van der Waals surface area contributed by atoms with E-state index in [-0.39, 0.29) is 17.6 Å².